The second kappa shape index (κ2) is 5.81. The van der Waals surface area contributed by atoms with Crippen LogP contribution in [0.3, 0.4) is 0 Å². The van der Waals surface area contributed by atoms with Gasteiger partial charge in [-0.1, -0.05) is 17.7 Å². The van der Waals surface area contributed by atoms with E-state index in [4.69, 9.17) is 0 Å². The van der Waals surface area contributed by atoms with Crippen LogP contribution < -0.4 is 0 Å². The minimum atomic E-state index is -0.749. The van der Waals surface area contributed by atoms with Crippen LogP contribution in [-0.4, -0.2) is 11.9 Å². The third kappa shape index (κ3) is 3.73. The number of rotatable bonds is 0. The van der Waals surface area contributed by atoms with Gasteiger partial charge in [0.15, 0.2) is 0 Å². The minimum absolute atomic E-state index is 0.130. The molecule has 0 atom stereocenters. The second-order valence-electron chi connectivity index (χ2n) is 3.56. The molecule has 0 N–H and O–H groups in total. The number of allylic oxidation sites excluding steroid dienone is 1. The van der Waals surface area contributed by atoms with E-state index in [2.05, 4.69) is 21.4 Å². The van der Waals surface area contributed by atoms with Gasteiger partial charge in [-0.3, -0.25) is 9.78 Å². The summed E-state index contributed by atoms with van der Waals surface area (Å²) in [5.74, 6) is -1.50. The lowest BCUT2D eigenvalue weighted by molar-refractivity contribution is -0.444. The molecule has 0 spiro atoms. The number of carbonyl (C=O) groups excluding carboxylic acids is 2. The van der Waals surface area contributed by atoms with E-state index in [0.29, 0.717) is 0 Å². The maximum absolute atomic E-state index is 11.1. The van der Waals surface area contributed by atoms with E-state index in [1.54, 1.807) is 12.1 Å². The van der Waals surface area contributed by atoms with Crippen molar-refractivity contribution in [2.75, 3.05) is 0 Å². The molecule has 0 radical (unpaired) electrons. The van der Waals surface area contributed by atoms with E-state index in [1.807, 2.05) is 13.8 Å². The van der Waals surface area contributed by atoms with Crippen LogP contribution in [0.4, 0.5) is 0 Å². The molecule has 1 aliphatic heterocycles. The van der Waals surface area contributed by atoms with Gasteiger partial charge in [-0.15, -0.1) is 6.58 Å². The van der Waals surface area contributed by atoms with Crippen LogP contribution in [0.5, 0.6) is 0 Å². The normalized spacial score (nSPS) is 13.3. The predicted octanol–water partition coefficient (Wildman–Crippen LogP) is 2.44. The summed E-state index contributed by atoms with van der Waals surface area (Å²) < 4.78 is 0. The van der Waals surface area contributed by atoms with Crippen LogP contribution in [0.2, 0.25) is 0 Å². The van der Waals surface area contributed by atoms with Crippen LogP contribution in [0, 0.1) is 0 Å². The highest BCUT2D eigenvalue weighted by Gasteiger charge is 2.24. The maximum atomic E-state index is 11.1. The monoisotopic (exact) mass is 236 g/mol. The Bertz CT molecular complexity index is 411. The molecule has 0 unspecified atom stereocenters. The van der Waals surface area contributed by atoms with Gasteiger partial charge in [0.25, 0.3) is 0 Å². The van der Waals surface area contributed by atoms with Gasteiger partial charge in [0.05, 0.1) is 11.1 Å². The van der Waals surface area contributed by atoms with Gasteiger partial charge in [-0.25, -0.2) is 9.59 Å². The van der Waals surface area contributed by atoms with E-state index in [1.165, 1.54) is 17.7 Å². The zero-order valence-electron chi connectivity index (χ0n) is 9.56. The van der Waals surface area contributed by atoms with E-state index < -0.39 is 11.9 Å². The van der Waals surface area contributed by atoms with Crippen molar-refractivity contribution in [2.45, 2.75) is 13.8 Å². The molecule has 90 valence electrons. The smallest absolute Gasteiger partial charge is 0.254 e. The third-order valence-corrected chi connectivity index (χ3v) is 1.59. The van der Waals surface area contributed by atoms with Crippen LogP contribution >= 0.6 is 0 Å². The van der Waals surface area contributed by atoms with Crippen molar-refractivity contribution in [3.63, 3.8) is 0 Å². The van der Waals surface area contributed by atoms with Crippen molar-refractivity contribution in [2.24, 2.45) is 0 Å². The molecule has 1 aromatic rings. The fourth-order valence-corrected chi connectivity index (χ4v) is 1.01. The fourth-order valence-electron chi connectivity index (χ4n) is 1.01. The summed E-state index contributed by atoms with van der Waals surface area (Å²) in [7, 11) is 0. The molecule has 1 aromatic carbocycles. The van der Waals surface area contributed by atoms with E-state index in [-0.39, 0.29) is 11.1 Å². The van der Waals surface area contributed by atoms with Gasteiger partial charge in [0.2, 0.25) is 0 Å². The Balaban J connectivity index is 0.000000317. The molecule has 5 heteroatoms. The Hall–Kier alpha value is -2.14. The molecule has 0 bridgehead atoms. The Labute approximate surface area is 98.5 Å². The van der Waals surface area contributed by atoms with Crippen molar-refractivity contribution in [1.82, 2.24) is 0 Å². The number of fused-ring (bicyclic) bond motifs is 1. The third-order valence-electron chi connectivity index (χ3n) is 1.59. The zero-order valence-corrected chi connectivity index (χ0v) is 9.56. The molecule has 0 aromatic heterocycles. The van der Waals surface area contributed by atoms with E-state index in [9.17, 15) is 9.59 Å². The van der Waals surface area contributed by atoms with E-state index >= 15 is 0 Å². The predicted molar refractivity (Wildman–Crippen MR) is 58.8 cm³/mol. The summed E-state index contributed by atoms with van der Waals surface area (Å²) in [4.78, 5) is 30.4. The molecule has 0 fully saturated rings. The minimum Gasteiger partial charge on any atom is -0.254 e. The summed E-state index contributed by atoms with van der Waals surface area (Å²) >= 11 is 0. The molecule has 2 rings (SSSR count). The first-order valence-corrected chi connectivity index (χ1v) is 4.83. The quantitative estimate of drug-likeness (QED) is 0.511. The lowest BCUT2D eigenvalue weighted by atomic mass is 10.1. The molecule has 0 aliphatic carbocycles. The Morgan fingerprint density at radius 1 is 1.00 bits per heavy atom. The highest BCUT2D eigenvalue weighted by Crippen LogP contribution is 2.15. The Kier molecular flexibility index (Phi) is 4.42. The molecule has 0 amide bonds. The van der Waals surface area contributed by atoms with Crippen LogP contribution in [0.25, 0.3) is 0 Å². The van der Waals surface area contributed by atoms with Crippen LogP contribution in [0.1, 0.15) is 34.6 Å². The first kappa shape index (κ1) is 12.9. The summed E-state index contributed by atoms with van der Waals surface area (Å²) in [6.07, 6.45) is 0. The highest BCUT2D eigenvalue weighted by molar-refractivity contribution is 6.03. The van der Waals surface area contributed by atoms with Gasteiger partial charge in [0, 0.05) is 5.04 Å². The largest absolute Gasteiger partial charge is 0.378 e. The summed E-state index contributed by atoms with van der Waals surface area (Å²) in [5, 5.41) is 3.90. The van der Waals surface area contributed by atoms with E-state index in [0.717, 1.165) is 0 Å². The highest BCUT2D eigenvalue weighted by atomic mass is 17.5. The summed E-state index contributed by atoms with van der Waals surface area (Å²) in [6.45, 7) is 7.50. The Morgan fingerprint density at radius 2 is 1.35 bits per heavy atom. The number of benzene rings is 1. The Morgan fingerprint density at radius 3 is 1.71 bits per heavy atom. The van der Waals surface area contributed by atoms with Crippen molar-refractivity contribution < 1.29 is 24.4 Å². The molecule has 0 saturated carbocycles. The van der Waals surface area contributed by atoms with Gasteiger partial charge in [-0.2, -0.15) is 0 Å². The standard InChI is InChI=1S/C8H4O5.C4H8/c9-7-5-3-1-2-4-6(5)8(10)12-13-11-7;1-4(2)3/h1-4H;1H2,2-3H3. The zero-order chi connectivity index (χ0) is 12.8. The fraction of sp³-hybridized carbons (Fsp3) is 0.167. The SMILES string of the molecule is C=C(C)C.O=C1OOOC(=O)c2ccccc21. The summed E-state index contributed by atoms with van der Waals surface area (Å²) in [5.41, 5.74) is 1.43. The molecule has 1 heterocycles. The number of carbonyl (C=O) groups is 2. The molecule has 17 heavy (non-hydrogen) atoms. The molecule has 5 nitrogen and oxygen atoms in total. The van der Waals surface area contributed by atoms with Gasteiger partial charge >= 0.3 is 11.9 Å². The number of hydrogen-bond acceptors (Lipinski definition) is 5. The first-order valence-electron chi connectivity index (χ1n) is 4.83. The van der Waals surface area contributed by atoms with Crippen molar-refractivity contribution in [3.8, 4) is 0 Å². The second-order valence-corrected chi connectivity index (χ2v) is 3.56. The maximum Gasteiger partial charge on any atom is 0.378 e. The van der Waals surface area contributed by atoms with Gasteiger partial charge in [0.1, 0.15) is 0 Å². The van der Waals surface area contributed by atoms with Crippen molar-refractivity contribution >= 4 is 11.9 Å². The van der Waals surface area contributed by atoms with Crippen molar-refractivity contribution in [1.29, 1.82) is 0 Å². The topological polar surface area (TPSA) is 61.8 Å². The molecule has 1 aliphatic rings. The first-order chi connectivity index (χ1) is 8.02. The van der Waals surface area contributed by atoms with Crippen LogP contribution in [0.15, 0.2) is 36.4 Å². The molecule has 0 saturated heterocycles. The lowest BCUT2D eigenvalue weighted by Crippen LogP contribution is -2.04. The number of hydrogen-bond donors (Lipinski definition) is 0. The molecular weight excluding hydrogens is 224 g/mol. The average Bonchev–Trinajstić information content (AvgIpc) is 2.40. The van der Waals surface area contributed by atoms with Crippen LogP contribution in [-0.2, 0) is 14.8 Å². The lowest BCUT2D eigenvalue weighted by Gasteiger charge is -1.95. The average molecular weight is 236 g/mol. The molecular formula is C12H12O5. The van der Waals surface area contributed by atoms with Gasteiger partial charge < -0.3 is 0 Å². The summed E-state index contributed by atoms with van der Waals surface area (Å²) in [6, 6.07) is 6.12. The van der Waals surface area contributed by atoms with Gasteiger partial charge in [-0.05, 0) is 26.0 Å². The van der Waals surface area contributed by atoms with Crippen molar-refractivity contribution in [3.05, 3.63) is 47.5 Å².